The van der Waals surface area contributed by atoms with Crippen LogP contribution in [0.25, 0.3) is 0 Å². The highest BCUT2D eigenvalue weighted by molar-refractivity contribution is 6.00. The van der Waals surface area contributed by atoms with Gasteiger partial charge in [0.25, 0.3) is 11.6 Å². The van der Waals surface area contributed by atoms with Gasteiger partial charge in [-0.25, -0.2) is 10.4 Å². The zero-order chi connectivity index (χ0) is 16.1. The first-order chi connectivity index (χ1) is 10.5. The van der Waals surface area contributed by atoms with Crippen LogP contribution in [0.4, 0.5) is 5.69 Å². The van der Waals surface area contributed by atoms with Crippen LogP contribution in [0.15, 0.2) is 47.7 Å². The number of carbonyl (C=O) groups is 1. The monoisotopic (exact) mass is 298 g/mol. The van der Waals surface area contributed by atoms with Gasteiger partial charge in [-0.1, -0.05) is 29.8 Å². The van der Waals surface area contributed by atoms with E-state index in [4.69, 9.17) is 0 Å². The van der Waals surface area contributed by atoms with Gasteiger partial charge >= 0.3 is 0 Å². The second-order valence-corrected chi connectivity index (χ2v) is 4.66. The van der Waals surface area contributed by atoms with E-state index in [0.29, 0.717) is 5.71 Å². The largest absolute Gasteiger partial charge is 0.289 e. The van der Waals surface area contributed by atoms with E-state index in [1.165, 1.54) is 12.1 Å². The van der Waals surface area contributed by atoms with E-state index in [0.717, 1.165) is 17.3 Å². The van der Waals surface area contributed by atoms with E-state index in [1.807, 2.05) is 31.2 Å². The van der Waals surface area contributed by atoms with Gasteiger partial charge in [0, 0.05) is 6.07 Å². The number of hydrogen-bond acceptors (Lipinski definition) is 5. The number of hydrogen-bond donors (Lipinski definition) is 1. The minimum absolute atomic E-state index is 0.0612. The topological polar surface area (TPSA) is 97.5 Å². The third-order valence-electron chi connectivity index (χ3n) is 2.99. The fourth-order valence-electron chi connectivity index (χ4n) is 1.68. The summed E-state index contributed by atoms with van der Waals surface area (Å²) in [4.78, 5) is 25.6. The first-order valence-electron chi connectivity index (χ1n) is 6.49. The number of benzene rings is 1. The Kier molecular flexibility index (Phi) is 4.57. The van der Waals surface area contributed by atoms with Gasteiger partial charge in [-0.3, -0.25) is 14.9 Å². The Labute approximate surface area is 126 Å². The van der Waals surface area contributed by atoms with Gasteiger partial charge in [-0.15, -0.1) is 0 Å². The molecule has 0 aliphatic heterocycles. The lowest BCUT2D eigenvalue weighted by atomic mass is 10.1. The van der Waals surface area contributed by atoms with Crippen molar-refractivity contribution in [2.24, 2.45) is 5.10 Å². The quantitative estimate of drug-likeness (QED) is 0.532. The van der Waals surface area contributed by atoms with E-state index in [9.17, 15) is 14.9 Å². The Hall–Kier alpha value is -3.09. The van der Waals surface area contributed by atoms with Crippen molar-refractivity contribution in [2.75, 3.05) is 0 Å². The number of nitro groups is 1. The lowest BCUT2D eigenvalue weighted by Crippen LogP contribution is -2.20. The summed E-state index contributed by atoms with van der Waals surface area (Å²) >= 11 is 0. The summed E-state index contributed by atoms with van der Waals surface area (Å²) in [5.41, 5.74) is 4.94. The molecule has 1 amide bonds. The van der Waals surface area contributed by atoms with Crippen molar-refractivity contribution in [1.82, 2.24) is 10.4 Å². The molecular weight excluding hydrogens is 284 g/mol. The van der Waals surface area contributed by atoms with Crippen molar-refractivity contribution in [2.45, 2.75) is 13.8 Å². The average Bonchev–Trinajstić information content (AvgIpc) is 2.53. The van der Waals surface area contributed by atoms with Crippen LogP contribution >= 0.6 is 0 Å². The van der Waals surface area contributed by atoms with Crippen LogP contribution in [0, 0.1) is 17.0 Å². The number of carbonyl (C=O) groups excluding carboxylic acids is 1. The number of amides is 1. The highest BCUT2D eigenvalue weighted by Crippen LogP contribution is 2.09. The summed E-state index contributed by atoms with van der Waals surface area (Å²) in [6, 6.07) is 10.2. The Balaban J connectivity index is 2.06. The molecule has 0 saturated heterocycles. The molecule has 1 N–H and O–H groups in total. The zero-order valence-corrected chi connectivity index (χ0v) is 12.1. The number of rotatable bonds is 4. The molecule has 0 radical (unpaired) electrons. The van der Waals surface area contributed by atoms with Crippen molar-refractivity contribution in [3.05, 3.63) is 69.5 Å². The van der Waals surface area contributed by atoms with Gasteiger partial charge in [-0.05, 0) is 25.5 Å². The molecule has 7 heteroatoms. The Morgan fingerprint density at radius 3 is 2.45 bits per heavy atom. The third kappa shape index (κ3) is 3.72. The predicted octanol–water partition coefficient (Wildman–Crippen LogP) is 2.45. The molecule has 0 aliphatic carbocycles. The molecule has 0 atom stereocenters. The lowest BCUT2D eigenvalue weighted by Gasteiger charge is -2.03. The standard InChI is InChI=1S/C15H14N4O3/c1-10-3-5-12(6-4-10)11(2)17-18-15(20)14-8-7-13(9-16-14)19(21)22/h3-9H,1-2H3,(H,18,20). The molecule has 0 aliphatic rings. The smallest absolute Gasteiger partial charge is 0.266 e. The van der Waals surface area contributed by atoms with E-state index >= 15 is 0 Å². The summed E-state index contributed by atoms with van der Waals surface area (Å²) in [5, 5.41) is 14.5. The van der Waals surface area contributed by atoms with Gasteiger partial charge in [0.05, 0.1) is 10.6 Å². The van der Waals surface area contributed by atoms with Crippen molar-refractivity contribution in [3.63, 3.8) is 0 Å². The average molecular weight is 298 g/mol. The Morgan fingerprint density at radius 2 is 1.91 bits per heavy atom. The first kappa shape index (κ1) is 15.3. The maximum absolute atomic E-state index is 11.9. The van der Waals surface area contributed by atoms with Crippen LogP contribution < -0.4 is 5.43 Å². The van der Waals surface area contributed by atoms with Crippen LogP contribution in [0.1, 0.15) is 28.5 Å². The van der Waals surface area contributed by atoms with Gasteiger partial charge in [-0.2, -0.15) is 5.10 Å². The molecule has 1 heterocycles. The second kappa shape index (κ2) is 6.57. The minimum Gasteiger partial charge on any atom is -0.266 e. The van der Waals surface area contributed by atoms with E-state index in [1.54, 1.807) is 6.92 Å². The molecule has 2 aromatic rings. The maximum atomic E-state index is 11.9. The SMILES string of the molecule is CC(=NNC(=O)c1ccc([N+](=O)[O-])cn1)c1ccc(C)cc1. The maximum Gasteiger partial charge on any atom is 0.289 e. The highest BCUT2D eigenvalue weighted by Gasteiger charge is 2.10. The summed E-state index contributed by atoms with van der Waals surface area (Å²) in [6.07, 6.45) is 1.03. The van der Waals surface area contributed by atoms with Crippen molar-refractivity contribution >= 4 is 17.3 Å². The van der Waals surface area contributed by atoms with Crippen LogP contribution in [0.3, 0.4) is 0 Å². The number of nitrogens with zero attached hydrogens (tertiary/aromatic N) is 3. The summed E-state index contributed by atoms with van der Waals surface area (Å²) < 4.78 is 0. The van der Waals surface area contributed by atoms with Crippen molar-refractivity contribution in [1.29, 1.82) is 0 Å². The van der Waals surface area contributed by atoms with Gasteiger partial charge < -0.3 is 0 Å². The highest BCUT2D eigenvalue weighted by atomic mass is 16.6. The van der Waals surface area contributed by atoms with E-state index < -0.39 is 10.8 Å². The molecule has 7 nitrogen and oxygen atoms in total. The summed E-state index contributed by atoms with van der Waals surface area (Å²) in [7, 11) is 0. The molecule has 112 valence electrons. The number of pyridine rings is 1. The van der Waals surface area contributed by atoms with Gasteiger partial charge in [0.2, 0.25) is 0 Å². The number of hydrazone groups is 1. The fourth-order valence-corrected chi connectivity index (χ4v) is 1.68. The molecule has 0 fully saturated rings. The van der Waals surface area contributed by atoms with Crippen molar-refractivity contribution in [3.8, 4) is 0 Å². The van der Waals surface area contributed by atoms with Crippen LogP contribution in [0.5, 0.6) is 0 Å². The van der Waals surface area contributed by atoms with Gasteiger partial charge in [0.15, 0.2) is 0 Å². The number of nitrogens with one attached hydrogen (secondary N) is 1. The molecule has 1 aromatic heterocycles. The number of aromatic nitrogens is 1. The lowest BCUT2D eigenvalue weighted by molar-refractivity contribution is -0.385. The summed E-state index contributed by atoms with van der Waals surface area (Å²) in [6.45, 7) is 3.76. The molecular formula is C15H14N4O3. The van der Waals surface area contributed by atoms with Gasteiger partial charge in [0.1, 0.15) is 11.9 Å². The minimum atomic E-state index is -0.575. The Morgan fingerprint density at radius 1 is 1.23 bits per heavy atom. The normalized spacial score (nSPS) is 11.1. The first-order valence-corrected chi connectivity index (χ1v) is 6.49. The molecule has 0 unspecified atom stereocenters. The number of aryl methyl sites for hydroxylation is 1. The molecule has 0 saturated carbocycles. The predicted molar refractivity (Wildman–Crippen MR) is 81.7 cm³/mol. The molecule has 22 heavy (non-hydrogen) atoms. The van der Waals surface area contributed by atoms with Crippen LogP contribution in [-0.4, -0.2) is 21.5 Å². The molecule has 0 spiro atoms. The second-order valence-electron chi connectivity index (χ2n) is 4.66. The Bertz CT molecular complexity index is 721. The van der Waals surface area contributed by atoms with Crippen LogP contribution in [-0.2, 0) is 0 Å². The van der Waals surface area contributed by atoms with E-state index in [2.05, 4.69) is 15.5 Å². The van der Waals surface area contributed by atoms with E-state index in [-0.39, 0.29) is 11.4 Å². The van der Waals surface area contributed by atoms with Crippen molar-refractivity contribution < 1.29 is 9.72 Å². The third-order valence-corrected chi connectivity index (χ3v) is 2.99. The molecule has 2 rings (SSSR count). The zero-order valence-electron chi connectivity index (χ0n) is 12.1. The van der Waals surface area contributed by atoms with Crippen LogP contribution in [0.2, 0.25) is 0 Å². The fraction of sp³-hybridized carbons (Fsp3) is 0.133. The molecule has 0 bridgehead atoms. The summed E-state index contributed by atoms with van der Waals surface area (Å²) in [5.74, 6) is -0.527. The molecule has 1 aromatic carbocycles.